The Morgan fingerprint density at radius 3 is 2.87 bits per heavy atom. The average Bonchev–Trinajstić information content (AvgIpc) is 2.22. The second-order valence-electron chi connectivity index (χ2n) is 2.88. The van der Waals surface area contributed by atoms with Gasteiger partial charge in [0, 0.05) is 6.42 Å². The van der Waals surface area contributed by atoms with Crippen molar-refractivity contribution in [2.75, 3.05) is 6.61 Å². The van der Waals surface area contributed by atoms with Gasteiger partial charge in [0.1, 0.15) is 12.1 Å². The standard InChI is InChI=1S/C10H14N2O3/c1-3-4-5-9(13)12-8(2)10(14)15-7-6-11/h3,8H,1,4-5,7H2,2H3,(H,12,13). The Labute approximate surface area is 88.7 Å². The van der Waals surface area contributed by atoms with Gasteiger partial charge in [0.15, 0.2) is 6.61 Å². The lowest BCUT2D eigenvalue weighted by molar-refractivity contribution is -0.146. The van der Waals surface area contributed by atoms with Gasteiger partial charge >= 0.3 is 5.97 Å². The van der Waals surface area contributed by atoms with Gasteiger partial charge in [-0.25, -0.2) is 4.79 Å². The molecule has 0 aliphatic rings. The Balaban J connectivity index is 3.85. The van der Waals surface area contributed by atoms with Crippen LogP contribution in [0.5, 0.6) is 0 Å². The van der Waals surface area contributed by atoms with Gasteiger partial charge < -0.3 is 10.1 Å². The first-order valence-electron chi connectivity index (χ1n) is 4.55. The quantitative estimate of drug-likeness (QED) is 0.512. The molecule has 0 aliphatic heterocycles. The van der Waals surface area contributed by atoms with Crippen LogP contribution in [-0.2, 0) is 14.3 Å². The average molecular weight is 210 g/mol. The highest BCUT2D eigenvalue weighted by atomic mass is 16.5. The van der Waals surface area contributed by atoms with Crippen LogP contribution in [0.4, 0.5) is 0 Å². The van der Waals surface area contributed by atoms with E-state index in [-0.39, 0.29) is 12.5 Å². The zero-order valence-corrected chi connectivity index (χ0v) is 8.66. The summed E-state index contributed by atoms with van der Waals surface area (Å²) in [6.45, 7) is 4.69. The van der Waals surface area contributed by atoms with Crippen molar-refractivity contribution in [3.63, 3.8) is 0 Å². The molecule has 0 bridgehead atoms. The van der Waals surface area contributed by atoms with Gasteiger partial charge in [-0.15, -0.1) is 6.58 Å². The summed E-state index contributed by atoms with van der Waals surface area (Å²) in [5.74, 6) is -0.847. The molecule has 1 amide bonds. The minimum Gasteiger partial charge on any atom is -0.449 e. The fraction of sp³-hybridized carbons (Fsp3) is 0.500. The lowest BCUT2D eigenvalue weighted by atomic mass is 10.2. The van der Waals surface area contributed by atoms with E-state index in [1.165, 1.54) is 6.92 Å². The SMILES string of the molecule is C=CCCC(=O)NC(C)C(=O)OCC#N. The first-order chi connectivity index (χ1) is 7.11. The van der Waals surface area contributed by atoms with Crippen molar-refractivity contribution in [1.82, 2.24) is 5.32 Å². The van der Waals surface area contributed by atoms with Gasteiger partial charge in [-0.3, -0.25) is 4.79 Å². The largest absolute Gasteiger partial charge is 0.449 e. The van der Waals surface area contributed by atoms with Crippen molar-refractivity contribution >= 4 is 11.9 Å². The summed E-state index contributed by atoms with van der Waals surface area (Å²) in [6, 6.07) is 0.946. The van der Waals surface area contributed by atoms with Crippen molar-refractivity contribution in [3.05, 3.63) is 12.7 Å². The van der Waals surface area contributed by atoms with Gasteiger partial charge in [-0.1, -0.05) is 6.08 Å². The maximum atomic E-state index is 11.2. The molecule has 1 N–H and O–H groups in total. The van der Waals surface area contributed by atoms with Gasteiger partial charge in [0.2, 0.25) is 5.91 Å². The van der Waals surface area contributed by atoms with Crippen LogP contribution in [0.25, 0.3) is 0 Å². The number of amides is 1. The summed E-state index contributed by atoms with van der Waals surface area (Å²) in [4.78, 5) is 22.3. The first kappa shape index (κ1) is 13.2. The van der Waals surface area contributed by atoms with Crippen molar-refractivity contribution < 1.29 is 14.3 Å². The third-order valence-corrected chi connectivity index (χ3v) is 1.59. The number of rotatable bonds is 6. The fourth-order valence-electron chi connectivity index (χ4n) is 0.834. The smallest absolute Gasteiger partial charge is 0.329 e. The number of esters is 1. The maximum absolute atomic E-state index is 11.2. The summed E-state index contributed by atoms with van der Waals surface area (Å²) in [5.41, 5.74) is 0. The van der Waals surface area contributed by atoms with Gasteiger partial charge in [0.05, 0.1) is 0 Å². The summed E-state index contributed by atoms with van der Waals surface area (Å²) >= 11 is 0. The van der Waals surface area contributed by atoms with Crippen molar-refractivity contribution in [2.24, 2.45) is 0 Å². The molecule has 0 aliphatic carbocycles. The van der Waals surface area contributed by atoms with Crippen molar-refractivity contribution in [3.8, 4) is 6.07 Å². The van der Waals surface area contributed by atoms with Gasteiger partial charge in [-0.2, -0.15) is 5.26 Å². The van der Waals surface area contributed by atoms with E-state index in [0.29, 0.717) is 12.8 Å². The molecule has 1 atom stereocenters. The molecule has 0 aromatic carbocycles. The van der Waals surface area contributed by atoms with E-state index < -0.39 is 12.0 Å². The molecule has 0 radical (unpaired) electrons. The molecule has 5 nitrogen and oxygen atoms in total. The molecule has 5 heteroatoms. The normalized spacial score (nSPS) is 10.9. The highest BCUT2D eigenvalue weighted by Gasteiger charge is 2.15. The van der Waals surface area contributed by atoms with E-state index in [9.17, 15) is 9.59 Å². The molecule has 0 aromatic heterocycles. The Morgan fingerprint density at radius 1 is 1.67 bits per heavy atom. The van der Waals surface area contributed by atoms with E-state index in [1.807, 2.05) is 0 Å². The van der Waals surface area contributed by atoms with Crippen LogP contribution >= 0.6 is 0 Å². The number of nitriles is 1. The number of carbonyl (C=O) groups excluding carboxylic acids is 2. The molecule has 0 saturated heterocycles. The van der Waals surface area contributed by atoms with E-state index in [0.717, 1.165) is 0 Å². The third-order valence-electron chi connectivity index (χ3n) is 1.59. The first-order valence-corrected chi connectivity index (χ1v) is 4.55. The number of allylic oxidation sites excluding steroid dienone is 1. The minimum atomic E-state index is -0.726. The lowest BCUT2D eigenvalue weighted by Crippen LogP contribution is -2.39. The van der Waals surface area contributed by atoms with Crippen LogP contribution in [-0.4, -0.2) is 24.5 Å². The number of nitrogens with zero attached hydrogens (tertiary/aromatic N) is 1. The molecule has 0 fully saturated rings. The molecule has 0 saturated carbocycles. The molecule has 0 heterocycles. The van der Waals surface area contributed by atoms with E-state index in [1.54, 1.807) is 12.1 Å². The molecule has 1 unspecified atom stereocenters. The zero-order chi connectivity index (χ0) is 11.7. The van der Waals surface area contributed by atoms with Crippen LogP contribution in [0, 0.1) is 11.3 Å². The monoisotopic (exact) mass is 210 g/mol. The molecule has 15 heavy (non-hydrogen) atoms. The fourth-order valence-corrected chi connectivity index (χ4v) is 0.834. The number of nitrogens with one attached hydrogen (secondary N) is 1. The Hall–Kier alpha value is -1.83. The minimum absolute atomic E-state index is 0.240. The van der Waals surface area contributed by atoms with Crippen LogP contribution in [0.15, 0.2) is 12.7 Å². The molecular weight excluding hydrogens is 196 g/mol. The molecule has 0 spiro atoms. The molecule has 82 valence electrons. The summed E-state index contributed by atoms with van der Waals surface area (Å²) < 4.78 is 4.52. The molecular formula is C10H14N2O3. The zero-order valence-electron chi connectivity index (χ0n) is 8.66. The number of hydrogen-bond acceptors (Lipinski definition) is 4. The van der Waals surface area contributed by atoms with Gasteiger partial charge in [0.25, 0.3) is 0 Å². The summed E-state index contributed by atoms with van der Waals surface area (Å²) in [5, 5.41) is 10.6. The van der Waals surface area contributed by atoms with Gasteiger partial charge in [-0.05, 0) is 13.3 Å². The van der Waals surface area contributed by atoms with E-state index in [4.69, 9.17) is 5.26 Å². The van der Waals surface area contributed by atoms with E-state index in [2.05, 4.69) is 16.6 Å². The van der Waals surface area contributed by atoms with Crippen LogP contribution in [0.3, 0.4) is 0 Å². The molecule has 0 rings (SSSR count). The summed E-state index contributed by atoms with van der Waals surface area (Å²) in [6.07, 6.45) is 2.48. The van der Waals surface area contributed by atoms with E-state index >= 15 is 0 Å². The van der Waals surface area contributed by atoms with Crippen LogP contribution in [0.2, 0.25) is 0 Å². The Kier molecular flexibility index (Phi) is 6.64. The van der Waals surface area contributed by atoms with Crippen LogP contribution in [0.1, 0.15) is 19.8 Å². The molecule has 0 aromatic rings. The second-order valence-corrected chi connectivity index (χ2v) is 2.88. The van der Waals surface area contributed by atoms with Crippen molar-refractivity contribution in [2.45, 2.75) is 25.8 Å². The predicted molar refractivity (Wildman–Crippen MR) is 53.6 cm³/mol. The highest BCUT2D eigenvalue weighted by Crippen LogP contribution is 1.93. The number of carbonyl (C=O) groups is 2. The lowest BCUT2D eigenvalue weighted by Gasteiger charge is -2.11. The third kappa shape index (κ3) is 6.27. The van der Waals surface area contributed by atoms with Crippen molar-refractivity contribution in [1.29, 1.82) is 5.26 Å². The number of hydrogen-bond donors (Lipinski definition) is 1. The Bertz CT molecular complexity index is 281. The maximum Gasteiger partial charge on any atom is 0.329 e. The topological polar surface area (TPSA) is 79.2 Å². The summed E-state index contributed by atoms with van der Waals surface area (Å²) in [7, 11) is 0. The highest BCUT2D eigenvalue weighted by molar-refractivity contribution is 5.84. The Morgan fingerprint density at radius 2 is 2.33 bits per heavy atom. The van der Waals surface area contributed by atoms with Crippen LogP contribution < -0.4 is 5.32 Å². The second kappa shape index (κ2) is 7.56. The predicted octanol–water partition coefficient (Wildman–Crippen LogP) is 0.524. The number of ether oxygens (including phenoxy) is 1.